The number of hydrogen-bond donors (Lipinski definition) is 2. The lowest BCUT2D eigenvalue weighted by Crippen LogP contribution is -2.35. The van der Waals surface area contributed by atoms with Crippen molar-refractivity contribution in [2.75, 3.05) is 29.9 Å². The third-order valence-electron chi connectivity index (χ3n) is 5.78. The van der Waals surface area contributed by atoms with E-state index in [4.69, 9.17) is 0 Å². The number of hydrogen-bond acceptors (Lipinski definition) is 3. The molecule has 5 heteroatoms. The smallest absolute Gasteiger partial charge is 0.253 e. The first-order valence-electron chi connectivity index (χ1n) is 10.4. The van der Waals surface area contributed by atoms with Gasteiger partial charge >= 0.3 is 0 Å². The number of carbonyl (C=O) groups excluding carboxylic acids is 2. The number of nitrogens with one attached hydrogen (secondary N) is 2. The Labute approximate surface area is 162 Å². The van der Waals surface area contributed by atoms with Crippen LogP contribution in [0.1, 0.15) is 63.2 Å². The minimum Gasteiger partial charge on any atom is -0.371 e. The molecule has 0 unspecified atom stereocenters. The maximum absolute atomic E-state index is 12.9. The van der Waals surface area contributed by atoms with Crippen molar-refractivity contribution in [3.8, 4) is 0 Å². The van der Waals surface area contributed by atoms with Gasteiger partial charge in [0.2, 0.25) is 5.91 Å². The van der Waals surface area contributed by atoms with E-state index >= 15 is 0 Å². The summed E-state index contributed by atoms with van der Waals surface area (Å²) in [5.74, 6) is 1.29. The Morgan fingerprint density at radius 1 is 1.15 bits per heavy atom. The average Bonchev–Trinajstić information content (AvgIpc) is 2.59. The maximum Gasteiger partial charge on any atom is 0.253 e. The molecule has 148 valence electrons. The number of anilines is 2. The molecule has 1 heterocycles. The van der Waals surface area contributed by atoms with Gasteiger partial charge in [0.1, 0.15) is 0 Å². The van der Waals surface area contributed by atoms with Crippen LogP contribution in [-0.2, 0) is 4.79 Å². The van der Waals surface area contributed by atoms with Gasteiger partial charge in [-0.25, -0.2) is 0 Å². The minimum absolute atomic E-state index is 0.0583. The predicted octanol–water partition coefficient (Wildman–Crippen LogP) is 4.05. The van der Waals surface area contributed by atoms with Gasteiger partial charge in [-0.2, -0.15) is 0 Å². The van der Waals surface area contributed by atoms with Crippen molar-refractivity contribution in [1.82, 2.24) is 5.32 Å². The molecule has 3 rings (SSSR count). The van der Waals surface area contributed by atoms with Crippen LogP contribution in [0.15, 0.2) is 18.2 Å². The van der Waals surface area contributed by atoms with Crippen LogP contribution in [-0.4, -0.2) is 31.4 Å². The van der Waals surface area contributed by atoms with Gasteiger partial charge in [0, 0.05) is 36.9 Å². The van der Waals surface area contributed by atoms with Crippen LogP contribution >= 0.6 is 0 Å². The second-order valence-electron chi connectivity index (χ2n) is 8.62. The van der Waals surface area contributed by atoms with Gasteiger partial charge in [0.15, 0.2) is 0 Å². The molecule has 2 N–H and O–H groups in total. The van der Waals surface area contributed by atoms with Gasteiger partial charge in [0.05, 0.1) is 5.56 Å². The standard InChI is InChI=1S/C22H33N3O2/c1-15(2)14-23-22(27)19-13-18(24-21(26)17-5-4-6-17)7-8-20(19)25-11-9-16(3)10-12-25/h7-8,13,15-17H,4-6,9-12,14H2,1-3H3,(H,23,27)(H,24,26). The molecule has 1 aromatic rings. The summed E-state index contributed by atoms with van der Waals surface area (Å²) in [5, 5.41) is 6.04. The van der Waals surface area contributed by atoms with Crippen LogP contribution in [0.25, 0.3) is 0 Å². The first-order valence-corrected chi connectivity index (χ1v) is 10.4. The van der Waals surface area contributed by atoms with Crippen molar-refractivity contribution in [3.63, 3.8) is 0 Å². The van der Waals surface area contributed by atoms with Gasteiger partial charge in [-0.05, 0) is 55.7 Å². The summed E-state index contributed by atoms with van der Waals surface area (Å²) in [7, 11) is 0. The van der Waals surface area contributed by atoms with Crippen molar-refractivity contribution in [1.29, 1.82) is 0 Å². The van der Waals surface area contributed by atoms with E-state index in [0.29, 0.717) is 18.0 Å². The fraction of sp³-hybridized carbons (Fsp3) is 0.636. The molecular formula is C22H33N3O2. The summed E-state index contributed by atoms with van der Waals surface area (Å²) in [6.45, 7) is 9.05. The van der Waals surface area contributed by atoms with E-state index in [9.17, 15) is 9.59 Å². The monoisotopic (exact) mass is 371 g/mol. The van der Waals surface area contributed by atoms with Crippen molar-refractivity contribution in [2.24, 2.45) is 17.8 Å². The third kappa shape index (κ3) is 5.02. The Morgan fingerprint density at radius 3 is 2.44 bits per heavy atom. The van der Waals surface area contributed by atoms with Gasteiger partial charge in [-0.1, -0.05) is 27.2 Å². The Kier molecular flexibility index (Phi) is 6.40. The van der Waals surface area contributed by atoms with Crippen LogP contribution in [0.2, 0.25) is 0 Å². The summed E-state index contributed by atoms with van der Waals surface area (Å²) in [5.41, 5.74) is 2.36. The number of benzene rings is 1. The summed E-state index contributed by atoms with van der Waals surface area (Å²) in [4.78, 5) is 27.5. The topological polar surface area (TPSA) is 61.4 Å². The van der Waals surface area contributed by atoms with Crippen molar-refractivity contribution < 1.29 is 9.59 Å². The van der Waals surface area contributed by atoms with E-state index in [2.05, 4.69) is 36.3 Å². The Balaban J connectivity index is 1.80. The summed E-state index contributed by atoms with van der Waals surface area (Å²) in [6, 6.07) is 5.78. The Bertz CT molecular complexity index is 674. The zero-order chi connectivity index (χ0) is 19.4. The zero-order valence-electron chi connectivity index (χ0n) is 16.9. The molecular weight excluding hydrogens is 338 g/mol. The SMILES string of the molecule is CC(C)CNC(=O)c1cc(NC(=O)C2CCC2)ccc1N1CCC(C)CC1. The molecule has 5 nitrogen and oxygen atoms in total. The fourth-order valence-electron chi connectivity index (χ4n) is 3.63. The Morgan fingerprint density at radius 2 is 1.85 bits per heavy atom. The van der Waals surface area contributed by atoms with Crippen LogP contribution in [0, 0.1) is 17.8 Å². The van der Waals surface area contributed by atoms with Crippen LogP contribution in [0.5, 0.6) is 0 Å². The van der Waals surface area contributed by atoms with Crippen molar-refractivity contribution in [3.05, 3.63) is 23.8 Å². The number of amides is 2. The molecule has 27 heavy (non-hydrogen) atoms. The molecule has 1 aliphatic carbocycles. The summed E-state index contributed by atoms with van der Waals surface area (Å²) < 4.78 is 0. The van der Waals surface area contributed by atoms with Gasteiger partial charge in [0.25, 0.3) is 5.91 Å². The van der Waals surface area contributed by atoms with E-state index in [1.165, 1.54) is 0 Å². The molecule has 0 radical (unpaired) electrons. The fourth-order valence-corrected chi connectivity index (χ4v) is 3.63. The maximum atomic E-state index is 12.9. The molecule has 0 aromatic heterocycles. The second kappa shape index (κ2) is 8.77. The van der Waals surface area contributed by atoms with Crippen molar-refractivity contribution in [2.45, 2.75) is 52.9 Å². The minimum atomic E-state index is -0.0583. The highest BCUT2D eigenvalue weighted by Gasteiger charge is 2.26. The van der Waals surface area contributed by atoms with Gasteiger partial charge in [-0.15, -0.1) is 0 Å². The lowest BCUT2D eigenvalue weighted by atomic mass is 9.85. The number of carbonyl (C=O) groups is 2. The van der Waals surface area contributed by atoms with Crippen LogP contribution in [0.3, 0.4) is 0 Å². The van der Waals surface area contributed by atoms with E-state index in [1.807, 2.05) is 18.2 Å². The van der Waals surface area contributed by atoms with Crippen molar-refractivity contribution >= 4 is 23.2 Å². The quantitative estimate of drug-likeness (QED) is 0.793. The second-order valence-corrected chi connectivity index (χ2v) is 8.62. The van der Waals surface area contributed by atoms with E-state index < -0.39 is 0 Å². The van der Waals surface area contributed by atoms with E-state index in [0.717, 1.165) is 62.5 Å². The molecule has 1 saturated heterocycles. The summed E-state index contributed by atoms with van der Waals surface area (Å²) >= 11 is 0. The number of nitrogens with zero attached hydrogens (tertiary/aromatic N) is 1. The normalized spacial score (nSPS) is 18.3. The van der Waals surface area contributed by atoms with Gasteiger partial charge < -0.3 is 15.5 Å². The molecule has 2 amide bonds. The molecule has 0 bridgehead atoms. The molecule has 2 aliphatic rings. The molecule has 0 atom stereocenters. The van der Waals surface area contributed by atoms with E-state index in [-0.39, 0.29) is 17.7 Å². The molecule has 1 aromatic carbocycles. The predicted molar refractivity (Wildman–Crippen MR) is 110 cm³/mol. The average molecular weight is 372 g/mol. The van der Waals surface area contributed by atoms with Crippen LogP contribution in [0.4, 0.5) is 11.4 Å². The highest BCUT2D eigenvalue weighted by molar-refractivity contribution is 6.02. The Hall–Kier alpha value is -2.04. The highest BCUT2D eigenvalue weighted by atomic mass is 16.2. The zero-order valence-corrected chi connectivity index (χ0v) is 16.9. The molecule has 1 saturated carbocycles. The largest absolute Gasteiger partial charge is 0.371 e. The first-order chi connectivity index (χ1) is 12.9. The molecule has 0 spiro atoms. The highest BCUT2D eigenvalue weighted by Crippen LogP contribution is 2.31. The van der Waals surface area contributed by atoms with Crippen LogP contribution < -0.4 is 15.5 Å². The first kappa shape index (κ1) is 19.7. The number of piperidine rings is 1. The lowest BCUT2D eigenvalue weighted by molar-refractivity contribution is -0.122. The lowest BCUT2D eigenvalue weighted by Gasteiger charge is -2.33. The molecule has 2 fully saturated rings. The van der Waals surface area contributed by atoms with E-state index in [1.54, 1.807) is 0 Å². The number of rotatable bonds is 6. The van der Waals surface area contributed by atoms with Gasteiger partial charge in [-0.3, -0.25) is 9.59 Å². The third-order valence-corrected chi connectivity index (χ3v) is 5.78. The summed E-state index contributed by atoms with van der Waals surface area (Å²) in [6.07, 6.45) is 5.36. The molecule has 1 aliphatic heterocycles.